The van der Waals surface area contributed by atoms with Gasteiger partial charge in [-0.15, -0.1) is 0 Å². The molecule has 5 aromatic carbocycles. The van der Waals surface area contributed by atoms with E-state index in [2.05, 4.69) is 53.1 Å². The lowest BCUT2D eigenvalue weighted by Gasteiger charge is -2.14. The van der Waals surface area contributed by atoms with E-state index in [1.807, 2.05) is 89.5 Å². The van der Waals surface area contributed by atoms with Gasteiger partial charge in [-0.25, -0.2) is 0 Å². The second-order valence-electron chi connectivity index (χ2n) is 8.99. The Morgan fingerprint density at radius 2 is 1.00 bits per heavy atom. The predicted molar refractivity (Wildman–Crippen MR) is 149 cm³/mol. The van der Waals surface area contributed by atoms with Crippen LogP contribution in [0.5, 0.6) is 0 Å². The number of pyridine rings is 1. The number of para-hydroxylation sites is 3. The summed E-state index contributed by atoms with van der Waals surface area (Å²) in [6, 6.07) is 45.2. The van der Waals surface area contributed by atoms with Crippen molar-refractivity contribution in [3.05, 3.63) is 144 Å². The molecule has 0 aliphatic rings. The van der Waals surface area contributed by atoms with E-state index in [0.717, 1.165) is 55.2 Å². The Morgan fingerprint density at radius 3 is 1.69 bits per heavy atom. The molecule has 3 heteroatoms. The van der Waals surface area contributed by atoms with E-state index in [4.69, 9.17) is 0 Å². The van der Waals surface area contributed by atoms with Crippen molar-refractivity contribution in [2.24, 2.45) is 0 Å². The molecule has 7 aromatic rings. The van der Waals surface area contributed by atoms with Crippen LogP contribution in [0.1, 0.15) is 0 Å². The third-order valence-corrected chi connectivity index (χ3v) is 6.92. The van der Waals surface area contributed by atoms with Gasteiger partial charge in [-0.2, -0.15) is 0 Å². The minimum absolute atomic E-state index is 0.0141. The molecule has 3 nitrogen and oxygen atoms in total. The number of nitrogens with zero attached hydrogens (tertiary/aromatic N) is 2. The lowest BCUT2D eigenvalue weighted by molar-refractivity contribution is 1.06. The molecule has 0 spiro atoms. The molecule has 0 radical (unpaired) electrons. The second kappa shape index (κ2) is 8.10. The van der Waals surface area contributed by atoms with E-state index in [1.54, 1.807) is 0 Å². The van der Waals surface area contributed by atoms with Crippen molar-refractivity contribution in [1.29, 1.82) is 0 Å². The van der Waals surface area contributed by atoms with Crippen LogP contribution in [0.2, 0.25) is 0 Å². The van der Waals surface area contributed by atoms with Crippen molar-refractivity contribution in [3.8, 4) is 22.5 Å². The van der Waals surface area contributed by atoms with Crippen LogP contribution in [-0.4, -0.2) is 9.13 Å². The van der Waals surface area contributed by atoms with E-state index < -0.39 is 0 Å². The first kappa shape index (κ1) is 20.5. The number of benzene rings is 5. The van der Waals surface area contributed by atoms with Gasteiger partial charge in [-0.3, -0.25) is 9.36 Å². The normalized spacial score (nSPS) is 11.4. The van der Waals surface area contributed by atoms with Gasteiger partial charge >= 0.3 is 0 Å². The summed E-state index contributed by atoms with van der Waals surface area (Å²) in [6.07, 6.45) is 0. The fraction of sp³-hybridized carbons (Fsp3) is 0. The molecular formula is C33H22N2O. The maximum Gasteiger partial charge on any atom is 0.265 e. The standard InChI is InChI=1S/C33H22N2O/c36-33-31-28-22-24(23-12-4-1-5-13-23)20-21-30(28)34(25-14-6-2-7-15-25)32(31)27-18-10-11-19-29(27)35(33)26-16-8-3-9-17-26/h1-22H. The summed E-state index contributed by atoms with van der Waals surface area (Å²) in [5.41, 5.74) is 6.95. The molecule has 0 amide bonds. The van der Waals surface area contributed by atoms with Crippen LogP contribution in [0.15, 0.2) is 138 Å². The summed E-state index contributed by atoms with van der Waals surface area (Å²) in [5.74, 6) is 0. The Hall–Kier alpha value is -4.89. The van der Waals surface area contributed by atoms with Crippen LogP contribution in [0.4, 0.5) is 0 Å². The van der Waals surface area contributed by atoms with Crippen molar-refractivity contribution in [3.63, 3.8) is 0 Å². The lowest BCUT2D eigenvalue weighted by atomic mass is 10.0. The summed E-state index contributed by atoms with van der Waals surface area (Å²) in [4.78, 5) is 14.4. The van der Waals surface area contributed by atoms with Crippen LogP contribution in [-0.2, 0) is 0 Å². The molecule has 36 heavy (non-hydrogen) atoms. The van der Waals surface area contributed by atoms with Gasteiger partial charge in [0.05, 0.1) is 21.9 Å². The first-order valence-corrected chi connectivity index (χ1v) is 12.1. The van der Waals surface area contributed by atoms with Gasteiger partial charge in [0.1, 0.15) is 0 Å². The molecular weight excluding hydrogens is 440 g/mol. The zero-order valence-electron chi connectivity index (χ0n) is 19.5. The molecule has 2 aromatic heterocycles. The van der Waals surface area contributed by atoms with Gasteiger partial charge in [-0.05, 0) is 53.6 Å². The third kappa shape index (κ3) is 3.03. The maximum absolute atomic E-state index is 14.4. The van der Waals surface area contributed by atoms with Crippen LogP contribution in [0.3, 0.4) is 0 Å². The molecule has 0 N–H and O–H groups in total. The molecule has 0 unspecified atom stereocenters. The molecule has 170 valence electrons. The van der Waals surface area contributed by atoms with Crippen LogP contribution < -0.4 is 5.56 Å². The highest BCUT2D eigenvalue weighted by molar-refractivity contribution is 6.18. The Kier molecular flexibility index (Phi) is 4.61. The van der Waals surface area contributed by atoms with E-state index >= 15 is 0 Å². The Morgan fingerprint density at radius 1 is 0.444 bits per heavy atom. The van der Waals surface area contributed by atoms with Crippen LogP contribution >= 0.6 is 0 Å². The molecule has 0 bridgehead atoms. The predicted octanol–water partition coefficient (Wildman–Crippen LogP) is 7.75. The largest absolute Gasteiger partial charge is 0.308 e. The second-order valence-corrected chi connectivity index (χ2v) is 8.99. The minimum atomic E-state index is -0.0141. The van der Waals surface area contributed by atoms with E-state index in [-0.39, 0.29) is 5.56 Å². The topological polar surface area (TPSA) is 26.9 Å². The number of rotatable bonds is 3. The SMILES string of the molecule is O=c1c2c3cc(-c4ccccc4)ccc3n(-c3ccccc3)c2c2ccccc2n1-c1ccccc1. The zero-order valence-corrected chi connectivity index (χ0v) is 19.5. The molecule has 7 rings (SSSR count). The van der Waals surface area contributed by atoms with E-state index in [1.165, 1.54) is 0 Å². The fourth-order valence-electron chi connectivity index (χ4n) is 5.34. The molecule has 0 aliphatic heterocycles. The number of hydrogen-bond donors (Lipinski definition) is 0. The van der Waals surface area contributed by atoms with Gasteiger partial charge in [-0.1, -0.05) is 91.0 Å². The van der Waals surface area contributed by atoms with Crippen LogP contribution in [0.25, 0.3) is 55.2 Å². The smallest absolute Gasteiger partial charge is 0.265 e. The minimum Gasteiger partial charge on any atom is -0.308 e. The molecule has 2 heterocycles. The summed E-state index contributed by atoms with van der Waals surface area (Å²) in [5, 5.41) is 2.72. The molecule has 0 fully saturated rings. The lowest BCUT2D eigenvalue weighted by Crippen LogP contribution is -2.19. The quantitative estimate of drug-likeness (QED) is 0.264. The van der Waals surface area contributed by atoms with E-state index in [9.17, 15) is 4.79 Å². The van der Waals surface area contributed by atoms with Crippen molar-refractivity contribution in [2.75, 3.05) is 0 Å². The summed E-state index contributed by atoms with van der Waals surface area (Å²) in [6.45, 7) is 0. The van der Waals surface area contributed by atoms with Crippen LogP contribution in [0, 0.1) is 0 Å². The average molecular weight is 463 g/mol. The Bertz CT molecular complexity index is 1930. The number of aromatic nitrogens is 2. The Labute approximate surface area is 208 Å². The highest BCUT2D eigenvalue weighted by Crippen LogP contribution is 2.37. The Balaban J connectivity index is 1.72. The highest BCUT2D eigenvalue weighted by atomic mass is 16.1. The fourth-order valence-corrected chi connectivity index (χ4v) is 5.34. The monoisotopic (exact) mass is 462 g/mol. The first-order chi connectivity index (χ1) is 17.8. The summed E-state index contributed by atoms with van der Waals surface area (Å²) in [7, 11) is 0. The maximum atomic E-state index is 14.4. The van der Waals surface area contributed by atoms with E-state index in [0.29, 0.717) is 0 Å². The highest BCUT2D eigenvalue weighted by Gasteiger charge is 2.21. The molecule has 0 atom stereocenters. The molecule has 0 saturated carbocycles. The molecule has 0 saturated heterocycles. The third-order valence-electron chi connectivity index (χ3n) is 6.92. The summed E-state index contributed by atoms with van der Waals surface area (Å²) >= 11 is 0. The number of hydrogen-bond acceptors (Lipinski definition) is 1. The number of fused-ring (bicyclic) bond motifs is 5. The zero-order chi connectivity index (χ0) is 24.1. The molecule has 0 aliphatic carbocycles. The van der Waals surface area contributed by atoms with Crippen molar-refractivity contribution in [1.82, 2.24) is 9.13 Å². The van der Waals surface area contributed by atoms with Gasteiger partial charge in [0.25, 0.3) is 5.56 Å². The van der Waals surface area contributed by atoms with Gasteiger partial charge in [0.15, 0.2) is 0 Å². The van der Waals surface area contributed by atoms with Gasteiger partial charge < -0.3 is 4.57 Å². The summed E-state index contributed by atoms with van der Waals surface area (Å²) < 4.78 is 4.08. The van der Waals surface area contributed by atoms with Crippen molar-refractivity contribution >= 4 is 32.7 Å². The average Bonchev–Trinajstić information content (AvgIpc) is 3.30. The first-order valence-electron chi connectivity index (χ1n) is 12.1. The van der Waals surface area contributed by atoms with Crippen molar-refractivity contribution in [2.45, 2.75) is 0 Å². The van der Waals surface area contributed by atoms with Crippen molar-refractivity contribution < 1.29 is 0 Å². The van der Waals surface area contributed by atoms with Gasteiger partial charge in [0.2, 0.25) is 0 Å². The van der Waals surface area contributed by atoms with Gasteiger partial charge in [0, 0.05) is 22.1 Å².